The number of benzene rings is 2. The monoisotopic (exact) mass is 463 g/mol. The molecule has 1 aliphatic rings. The summed E-state index contributed by atoms with van der Waals surface area (Å²) in [5.41, 5.74) is 0.844. The Labute approximate surface area is 197 Å². The molecule has 1 heterocycles. The minimum absolute atomic E-state index is 0.0202. The fourth-order valence-corrected chi connectivity index (χ4v) is 4.38. The van der Waals surface area contributed by atoms with Gasteiger partial charge < -0.3 is 10.2 Å². The SMILES string of the molecule is O=C(NC1CCCCC1)C(c1ccccc1F)N(Cc1ccc(F)cc1)C(=O)c1ccccn1. The van der Waals surface area contributed by atoms with Crippen LogP contribution in [0.15, 0.2) is 72.9 Å². The number of amides is 2. The van der Waals surface area contributed by atoms with Gasteiger partial charge in [0.25, 0.3) is 5.91 Å². The second-order valence-electron chi connectivity index (χ2n) is 8.54. The quantitative estimate of drug-likeness (QED) is 0.524. The molecule has 3 aromatic rings. The number of carbonyl (C=O) groups is 2. The van der Waals surface area contributed by atoms with Crippen LogP contribution in [0.3, 0.4) is 0 Å². The predicted octanol–water partition coefficient (Wildman–Crippen LogP) is 5.19. The number of nitrogens with zero attached hydrogens (tertiary/aromatic N) is 2. The fourth-order valence-electron chi connectivity index (χ4n) is 4.38. The third-order valence-corrected chi connectivity index (χ3v) is 6.12. The second-order valence-corrected chi connectivity index (χ2v) is 8.54. The van der Waals surface area contributed by atoms with Crippen LogP contribution in [0.5, 0.6) is 0 Å². The molecule has 7 heteroatoms. The molecule has 1 atom stereocenters. The molecule has 2 aromatic carbocycles. The zero-order valence-corrected chi connectivity index (χ0v) is 18.8. The highest BCUT2D eigenvalue weighted by Crippen LogP contribution is 2.28. The van der Waals surface area contributed by atoms with Crippen LogP contribution >= 0.6 is 0 Å². The summed E-state index contributed by atoms with van der Waals surface area (Å²) in [5, 5.41) is 3.05. The topological polar surface area (TPSA) is 62.3 Å². The molecule has 1 N–H and O–H groups in total. The lowest BCUT2D eigenvalue weighted by Crippen LogP contribution is -2.47. The van der Waals surface area contributed by atoms with Crippen molar-refractivity contribution in [2.24, 2.45) is 0 Å². The van der Waals surface area contributed by atoms with Crippen LogP contribution in [0.1, 0.15) is 59.8 Å². The molecule has 34 heavy (non-hydrogen) atoms. The Morgan fingerprint density at radius 3 is 2.32 bits per heavy atom. The van der Waals surface area contributed by atoms with Crippen molar-refractivity contribution in [3.63, 3.8) is 0 Å². The number of rotatable bonds is 7. The molecule has 0 radical (unpaired) electrons. The van der Waals surface area contributed by atoms with E-state index in [2.05, 4.69) is 10.3 Å². The summed E-state index contributed by atoms with van der Waals surface area (Å²) < 4.78 is 28.5. The highest BCUT2D eigenvalue weighted by molar-refractivity contribution is 5.96. The molecule has 1 fully saturated rings. The number of nitrogens with one attached hydrogen (secondary N) is 1. The maximum absolute atomic E-state index is 15.0. The van der Waals surface area contributed by atoms with Gasteiger partial charge in [0.05, 0.1) is 0 Å². The zero-order valence-electron chi connectivity index (χ0n) is 18.8. The molecule has 4 rings (SSSR count). The minimum atomic E-state index is -1.22. The van der Waals surface area contributed by atoms with Crippen molar-refractivity contribution in [1.82, 2.24) is 15.2 Å². The predicted molar refractivity (Wildman–Crippen MR) is 125 cm³/mol. The summed E-state index contributed by atoms with van der Waals surface area (Å²) in [7, 11) is 0. The first-order valence-electron chi connectivity index (χ1n) is 11.5. The average molecular weight is 464 g/mol. The highest BCUT2D eigenvalue weighted by Gasteiger charge is 2.35. The number of aromatic nitrogens is 1. The van der Waals surface area contributed by atoms with Crippen LogP contribution in [-0.4, -0.2) is 27.7 Å². The van der Waals surface area contributed by atoms with E-state index < -0.39 is 29.5 Å². The summed E-state index contributed by atoms with van der Waals surface area (Å²) >= 11 is 0. The van der Waals surface area contributed by atoms with E-state index in [1.54, 1.807) is 42.5 Å². The third kappa shape index (κ3) is 5.65. The van der Waals surface area contributed by atoms with E-state index in [1.807, 2.05) is 0 Å². The molecule has 0 aliphatic heterocycles. The number of hydrogen-bond donors (Lipinski definition) is 1. The van der Waals surface area contributed by atoms with E-state index in [0.29, 0.717) is 5.56 Å². The molecule has 0 bridgehead atoms. The van der Waals surface area contributed by atoms with Crippen LogP contribution in [0.25, 0.3) is 0 Å². The van der Waals surface area contributed by atoms with E-state index >= 15 is 4.39 Å². The summed E-state index contributed by atoms with van der Waals surface area (Å²) in [6.07, 6.45) is 6.34. The fraction of sp³-hybridized carbons (Fsp3) is 0.296. The first kappa shape index (κ1) is 23.5. The van der Waals surface area contributed by atoms with Gasteiger partial charge in [-0.3, -0.25) is 14.6 Å². The minimum Gasteiger partial charge on any atom is -0.351 e. The lowest BCUT2D eigenvalue weighted by atomic mass is 9.94. The van der Waals surface area contributed by atoms with Gasteiger partial charge in [0, 0.05) is 24.3 Å². The van der Waals surface area contributed by atoms with Gasteiger partial charge in [0.1, 0.15) is 23.4 Å². The summed E-state index contributed by atoms with van der Waals surface area (Å²) in [4.78, 5) is 32.7. The molecular formula is C27H27F2N3O2. The van der Waals surface area contributed by atoms with E-state index in [9.17, 15) is 14.0 Å². The Kier molecular flexibility index (Phi) is 7.62. The van der Waals surface area contributed by atoms with Gasteiger partial charge in [-0.1, -0.05) is 55.7 Å². The Bertz CT molecular complexity index is 1120. The van der Waals surface area contributed by atoms with Gasteiger partial charge in [-0.05, 0) is 48.7 Å². The highest BCUT2D eigenvalue weighted by atomic mass is 19.1. The van der Waals surface area contributed by atoms with Gasteiger partial charge in [-0.2, -0.15) is 0 Å². The number of halogens is 2. The lowest BCUT2D eigenvalue weighted by Gasteiger charge is -2.33. The van der Waals surface area contributed by atoms with Crippen LogP contribution in [0.2, 0.25) is 0 Å². The summed E-state index contributed by atoms with van der Waals surface area (Å²) in [6.45, 7) is -0.0211. The van der Waals surface area contributed by atoms with Gasteiger partial charge >= 0.3 is 0 Å². The molecule has 2 amide bonds. The van der Waals surface area contributed by atoms with Crippen LogP contribution in [0.4, 0.5) is 8.78 Å². The van der Waals surface area contributed by atoms with Crippen LogP contribution in [0, 0.1) is 11.6 Å². The molecule has 1 aromatic heterocycles. The van der Waals surface area contributed by atoms with Gasteiger partial charge in [0.15, 0.2) is 0 Å². The van der Waals surface area contributed by atoms with Crippen molar-refractivity contribution in [2.75, 3.05) is 0 Å². The summed E-state index contributed by atoms with van der Waals surface area (Å²) in [5.74, 6) is -1.95. The van der Waals surface area contributed by atoms with E-state index in [0.717, 1.165) is 32.1 Å². The smallest absolute Gasteiger partial charge is 0.273 e. The maximum atomic E-state index is 15.0. The molecule has 0 saturated heterocycles. The first-order chi connectivity index (χ1) is 16.5. The Hall–Kier alpha value is -3.61. The Balaban J connectivity index is 1.75. The molecule has 5 nitrogen and oxygen atoms in total. The molecular weight excluding hydrogens is 436 g/mol. The molecule has 176 valence electrons. The van der Waals surface area contributed by atoms with Crippen LogP contribution < -0.4 is 5.32 Å². The Morgan fingerprint density at radius 1 is 0.941 bits per heavy atom. The average Bonchev–Trinajstić information content (AvgIpc) is 2.86. The standard InChI is InChI=1S/C27H27F2N3O2/c28-20-15-13-19(14-16-20)18-32(27(34)24-12-6-7-17-30-24)25(22-10-4-5-11-23(22)29)26(33)31-21-8-2-1-3-9-21/h4-7,10-17,21,25H,1-3,8-9,18H2,(H,31,33). The van der Waals surface area contributed by atoms with Crippen molar-refractivity contribution in [3.05, 3.63) is 101 Å². The third-order valence-electron chi connectivity index (χ3n) is 6.12. The first-order valence-corrected chi connectivity index (χ1v) is 11.5. The second kappa shape index (κ2) is 11.0. The molecule has 0 spiro atoms. The zero-order chi connectivity index (χ0) is 23.9. The van der Waals surface area contributed by atoms with Crippen molar-refractivity contribution < 1.29 is 18.4 Å². The van der Waals surface area contributed by atoms with E-state index in [1.165, 1.54) is 35.4 Å². The van der Waals surface area contributed by atoms with Crippen molar-refractivity contribution in [3.8, 4) is 0 Å². The largest absolute Gasteiger partial charge is 0.351 e. The number of pyridine rings is 1. The number of carbonyl (C=O) groups excluding carboxylic acids is 2. The lowest BCUT2D eigenvalue weighted by molar-refractivity contribution is -0.127. The van der Waals surface area contributed by atoms with Gasteiger partial charge in [0.2, 0.25) is 5.91 Å². The molecule has 1 unspecified atom stereocenters. The van der Waals surface area contributed by atoms with Crippen molar-refractivity contribution >= 4 is 11.8 Å². The van der Waals surface area contributed by atoms with Gasteiger partial charge in [-0.15, -0.1) is 0 Å². The van der Waals surface area contributed by atoms with Crippen molar-refractivity contribution in [1.29, 1.82) is 0 Å². The molecule has 1 saturated carbocycles. The maximum Gasteiger partial charge on any atom is 0.273 e. The molecule has 1 aliphatic carbocycles. The van der Waals surface area contributed by atoms with Gasteiger partial charge in [-0.25, -0.2) is 8.78 Å². The van der Waals surface area contributed by atoms with E-state index in [4.69, 9.17) is 0 Å². The Morgan fingerprint density at radius 2 is 1.65 bits per heavy atom. The van der Waals surface area contributed by atoms with Crippen molar-refractivity contribution in [2.45, 2.75) is 50.7 Å². The van der Waals surface area contributed by atoms with E-state index in [-0.39, 0.29) is 23.8 Å². The normalized spacial score (nSPS) is 14.9. The summed E-state index contributed by atoms with van der Waals surface area (Å²) in [6, 6.07) is 15.3. The van der Waals surface area contributed by atoms with Crippen LogP contribution in [-0.2, 0) is 11.3 Å². The number of hydrogen-bond acceptors (Lipinski definition) is 3.